The number of aldehydes is 1. The summed E-state index contributed by atoms with van der Waals surface area (Å²) in [5.41, 5.74) is 6.91. The number of fused-ring (bicyclic) bond motifs is 1. The highest BCUT2D eigenvalue weighted by atomic mass is 32.2. The van der Waals surface area contributed by atoms with Crippen LogP contribution in [0.5, 0.6) is 0 Å². The van der Waals surface area contributed by atoms with Crippen LogP contribution in [0.15, 0.2) is 66.7 Å². The lowest BCUT2D eigenvalue weighted by molar-refractivity contribution is -0.121. The van der Waals surface area contributed by atoms with Crippen LogP contribution in [-0.2, 0) is 16.0 Å². The third-order valence-corrected chi connectivity index (χ3v) is 7.25. The van der Waals surface area contributed by atoms with Crippen LogP contribution >= 0.6 is 12.1 Å². The maximum atomic E-state index is 12.2. The van der Waals surface area contributed by atoms with E-state index in [0.29, 0.717) is 24.6 Å². The minimum atomic E-state index is -0.681. The van der Waals surface area contributed by atoms with Crippen LogP contribution in [0.3, 0.4) is 0 Å². The molecule has 48 heavy (non-hydrogen) atoms. The fraction of sp³-hybridized carbons (Fsp3) is 0.500. The number of benzene rings is 2. The number of nitrogens with zero attached hydrogens (tertiary/aromatic N) is 4. The maximum absolute atomic E-state index is 12.2. The van der Waals surface area contributed by atoms with Crippen molar-refractivity contribution in [2.24, 2.45) is 11.7 Å². The van der Waals surface area contributed by atoms with Gasteiger partial charge in [-0.05, 0) is 58.2 Å². The van der Waals surface area contributed by atoms with Crippen LogP contribution < -0.4 is 16.4 Å². The largest absolute Gasteiger partial charge is 0.390 e. The highest BCUT2D eigenvalue weighted by Gasteiger charge is 2.25. The van der Waals surface area contributed by atoms with Gasteiger partial charge in [0.15, 0.2) is 6.29 Å². The third-order valence-electron chi connectivity index (χ3n) is 6.26. The number of carbonyl (C=O) groups is 3. The Bertz CT molecular complexity index is 1290. The summed E-state index contributed by atoms with van der Waals surface area (Å²) in [6, 6.07) is 21.0. The molecule has 3 rings (SSSR count). The molecular formula is C36H59N7O4S. The van der Waals surface area contributed by atoms with Crippen LogP contribution in [0, 0.1) is 5.92 Å². The molecule has 0 saturated carbocycles. The first-order valence-electron chi connectivity index (χ1n) is 16.4. The molecule has 0 radical (unpaired) electrons. The molecule has 2 atom stereocenters. The van der Waals surface area contributed by atoms with Gasteiger partial charge in [0.2, 0.25) is 11.8 Å². The number of aliphatic hydroxyl groups excluding tert-OH is 1. The molecule has 1 heterocycles. The minimum Gasteiger partial charge on any atom is -0.390 e. The van der Waals surface area contributed by atoms with Gasteiger partial charge in [-0.15, -0.1) is 0 Å². The number of carbonyl (C=O) groups excluding carboxylic acids is 3. The maximum Gasteiger partial charge on any atom is 0.234 e. The summed E-state index contributed by atoms with van der Waals surface area (Å²) in [5.74, 6) is 0.0297. The molecule has 2 aromatic carbocycles. The van der Waals surface area contributed by atoms with Crippen molar-refractivity contribution in [3.63, 3.8) is 0 Å². The average Bonchev–Trinajstić information content (AvgIpc) is 3.04. The third kappa shape index (κ3) is 21.5. The van der Waals surface area contributed by atoms with Gasteiger partial charge in [0, 0.05) is 50.6 Å². The van der Waals surface area contributed by atoms with Gasteiger partial charge in [-0.1, -0.05) is 82.3 Å². The van der Waals surface area contributed by atoms with E-state index >= 15 is 0 Å². The lowest BCUT2D eigenvalue weighted by Gasteiger charge is -2.32. The average molecular weight is 686 g/mol. The SMILES string of the molecule is CC.CC(N)=O.CNCC(=O)NC(Cc1ccccc1)C(O)CN(CC(C)C)SN(C)CCN(C)C.O=Cc1ccc2ccccc2n1. The number of rotatable bonds is 16. The van der Waals surface area contributed by atoms with E-state index in [4.69, 9.17) is 0 Å². The normalized spacial score (nSPS) is 11.9. The van der Waals surface area contributed by atoms with Crippen molar-refractivity contribution >= 4 is 41.1 Å². The number of pyridine rings is 1. The predicted octanol–water partition coefficient (Wildman–Crippen LogP) is 3.87. The van der Waals surface area contributed by atoms with Crippen LogP contribution in [0.2, 0.25) is 0 Å². The van der Waals surface area contributed by atoms with E-state index in [1.54, 1.807) is 25.2 Å². The van der Waals surface area contributed by atoms with E-state index in [1.807, 2.05) is 74.5 Å². The van der Waals surface area contributed by atoms with E-state index in [1.165, 1.54) is 6.92 Å². The van der Waals surface area contributed by atoms with Crippen LogP contribution in [0.25, 0.3) is 10.9 Å². The molecule has 0 bridgehead atoms. The van der Waals surface area contributed by atoms with Gasteiger partial charge < -0.3 is 26.4 Å². The summed E-state index contributed by atoms with van der Waals surface area (Å²) in [5, 5.41) is 18.0. The van der Waals surface area contributed by atoms with Gasteiger partial charge >= 0.3 is 0 Å². The lowest BCUT2D eigenvalue weighted by Crippen LogP contribution is -2.51. The summed E-state index contributed by atoms with van der Waals surface area (Å²) in [7, 11) is 7.95. The molecule has 0 aliphatic heterocycles. The molecular weight excluding hydrogens is 627 g/mol. The first-order valence-corrected chi connectivity index (χ1v) is 17.1. The molecule has 12 heteroatoms. The van der Waals surface area contributed by atoms with Crippen LogP contribution in [0.4, 0.5) is 0 Å². The number of amides is 2. The quantitative estimate of drug-likeness (QED) is 0.130. The zero-order valence-corrected chi connectivity index (χ0v) is 31.2. The van der Waals surface area contributed by atoms with Crippen molar-refractivity contribution in [1.29, 1.82) is 0 Å². The molecule has 0 saturated heterocycles. The Labute approximate surface area is 292 Å². The van der Waals surface area contributed by atoms with Crippen LogP contribution in [0.1, 0.15) is 50.7 Å². The van der Waals surface area contributed by atoms with Gasteiger partial charge in [0.1, 0.15) is 5.69 Å². The van der Waals surface area contributed by atoms with E-state index in [0.717, 1.165) is 42.4 Å². The molecule has 0 spiro atoms. The van der Waals surface area contributed by atoms with E-state index in [-0.39, 0.29) is 24.4 Å². The molecule has 1 aromatic heterocycles. The predicted molar refractivity (Wildman–Crippen MR) is 201 cm³/mol. The summed E-state index contributed by atoms with van der Waals surface area (Å²) in [6.45, 7) is 13.1. The van der Waals surface area contributed by atoms with Gasteiger partial charge in [0.05, 0.1) is 24.2 Å². The zero-order valence-electron chi connectivity index (χ0n) is 30.3. The standard InChI is InChI=1S/C22H41N5O2S.C10H7NO.C2H5NO.C2H6/c1-18(2)16-27(30-26(6)13-12-25(4)5)17-21(28)20(24-22(29)15-23-3)14-19-10-8-7-9-11-19;12-7-9-6-5-8-3-1-2-4-10(8)11-9;1-2(3)4;1-2/h7-11,18,20-21,23,28H,12-17H2,1-6H3,(H,24,29);1-7H;1H3,(H2,3,4);1-2H3. The Morgan fingerprint density at radius 2 is 1.56 bits per heavy atom. The number of likely N-dealkylation sites (N-methyl/N-ethyl adjacent to an activating group) is 3. The minimum absolute atomic E-state index is 0.108. The van der Waals surface area contributed by atoms with Crippen molar-refractivity contribution in [3.8, 4) is 0 Å². The highest BCUT2D eigenvalue weighted by Crippen LogP contribution is 2.19. The second-order valence-electron chi connectivity index (χ2n) is 11.6. The second kappa shape index (κ2) is 26.6. The zero-order chi connectivity index (χ0) is 36.5. The molecule has 2 unspecified atom stereocenters. The van der Waals surface area contributed by atoms with Gasteiger partial charge in [-0.3, -0.25) is 14.4 Å². The van der Waals surface area contributed by atoms with E-state index < -0.39 is 6.10 Å². The van der Waals surface area contributed by atoms with Crippen molar-refractivity contribution in [2.45, 2.75) is 53.2 Å². The summed E-state index contributed by atoms with van der Waals surface area (Å²) < 4.78 is 4.40. The number of nitrogens with one attached hydrogen (secondary N) is 2. The molecule has 0 aliphatic rings. The van der Waals surface area contributed by atoms with Gasteiger partial charge in [-0.25, -0.2) is 13.6 Å². The van der Waals surface area contributed by atoms with Gasteiger partial charge in [-0.2, -0.15) is 0 Å². The van der Waals surface area contributed by atoms with E-state index in [2.05, 4.69) is 69.9 Å². The molecule has 3 aromatic rings. The molecule has 0 aliphatic carbocycles. The smallest absolute Gasteiger partial charge is 0.234 e. The summed E-state index contributed by atoms with van der Waals surface area (Å²) >= 11 is 1.65. The number of hydrogen-bond acceptors (Lipinski definition) is 10. The first-order chi connectivity index (χ1) is 22.8. The molecule has 11 nitrogen and oxygen atoms in total. The monoisotopic (exact) mass is 685 g/mol. The Balaban J connectivity index is 0.000000995. The summed E-state index contributed by atoms with van der Waals surface area (Å²) in [6.07, 6.45) is 0.667. The van der Waals surface area contributed by atoms with Crippen LogP contribution in [-0.4, -0.2) is 115 Å². The Morgan fingerprint density at radius 3 is 2.12 bits per heavy atom. The Kier molecular flexibility index (Phi) is 24.7. The summed E-state index contributed by atoms with van der Waals surface area (Å²) in [4.78, 5) is 38.1. The second-order valence-corrected chi connectivity index (χ2v) is 12.9. The first kappa shape index (κ1) is 44.6. The highest BCUT2D eigenvalue weighted by molar-refractivity contribution is 7.94. The van der Waals surface area contributed by atoms with Crippen molar-refractivity contribution in [1.82, 2.24) is 29.1 Å². The lowest BCUT2D eigenvalue weighted by atomic mass is 10.0. The number of primary amides is 1. The number of hydrogen-bond donors (Lipinski definition) is 4. The topological polar surface area (TPSA) is 144 Å². The fourth-order valence-corrected chi connectivity index (χ4v) is 5.32. The molecule has 0 fully saturated rings. The van der Waals surface area contributed by atoms with Crippen molar-refractivity contribution < 1.29 is 19.5 Å². The Morgan fingerprint density at radius 1 is 0.958 bits per heavy atom. The Hall–Kier alpha value is -3.39. The van der Waals surface area contributed by atoms with E-state index in [9.17, 15) is 19.5 Å². The molecule has 2 amide bonds. The van der Waals surface area contributed by atoms with Crippen molar-refractivity contribution in [2.75, 3.05) is 60.9 Å². The molecule has 268 valence electrons. The van der Waals surface area contributed by atoms with Gasteiger partial charge in [0.25, 0.3) is 0 Å². The number of aliphatic hydroxyl groups is 1. The number of para-hydroxylation sites is 1. The number of aromatic nitrogens is 1. The molecule has 5 N–H and O–H groups in total. The number of nitrogens with two attached hydrogens (primary N) is 1. The fourth-order valence-electron chi connectivity index (χ4n) is 4.18. The van der Waals surface area contributed by atoms with Crippen molar-refractivity contribution in [3.05, 3.63) is 78.0 Å².